The van der Waals surface area contributed by atoms with Crippen LogP contribution in [0.2, 0.25) is 12.1 Å². The Morgan fingerprint density at radius 3 is 1.66 bits per heavy atom. The van der Waals surface area contributed by atoms with Gasteiger partial charge in [0.2, 0.25) is 0 Å². The first-order valence-electron chi connectivity index (χ1n) is 12.2. The molecule has 5 atom stereocenters. The summed E-state index contributed by atoms with van der Waals surface area (Å²) >= 11 is 0. The summed E-state index contributed by atoms with van der Waals surface area (Å²) in [7, 11) is -2.03. The number of halogens is 3. The molecule has 0 N–H and O–H groups in total. The molecular formula is C30H37Cl3SiTi. The molecule has 0 saturated heterocycles. The molecule has 186 valence electrons. The monoisotopic (exact) mass is 578 g/mol. The van der Waals surface area contributed by atoms with Crippen LogP contribution in [0.5, 0.6) is 0 Å². The van der Waals surface area contributed by atoms with Gasteiger partial charge in [0, 0.05) is 0 Å². The van der Waals surface area contributed by atoms with Crippen molar-refractivity contribution in [3.05, 3.63) is 89.4 Å². The van der Waals surface area contributed by atoms with E-state index in [0.29, 0.717) is 5.92 Å². The van der Waals surface area contributed by atoms with E-state index in [1.165, 1.54) is 41.5 Å². The predicted octanol–water partition coefficient (Wildman–Crippen LogP) is -2.51. The second-order valence-corrected chi connectivity index (χ2v) is 15.0. The first kappa shape index (κ1) is 32.7. The van der Waals surface area contributed by atoms with Crippen molar-refractivity contribution in [2.45, 2.75) is 59.0 Å². The molecule has 3 aliphatic carbocycles. The van der Waals surface area contributed by atoms with Crippen LogP contribution >= 0.6 is 0 Å². The zero-order valence-corrected chi connectivity index (χ0v) is 26.3. The third kappa shape index (κ3) is 5.92. The van der Waals surface area contributed by atoms with Crippen molar-refractivity contribution in [2.24, 2.45) is 23.7 Å². The number of hydrogen-bond donors (Lipinski definition) is 0. The Balaban J connectivity index is 0.00000153. The van der Waals surface area contributed by atoms with E-state index >= 15 is 0 Å². The van der Waals surface area contributed by atoms with Gasteiger partial charge in [-0.25, -0.2) is 0 Å². The van der Waals surface area contributed by atoms with Crippen LogP contribution in [0.15, 0.2) is 60.7 Å². The fourth-order valence-electron chi connectivity index (χ4n) is 7.45. The van der Waals surface area contributed by atoms with Gasteiger partial charge in [0.15, 0.2) is 0 Å². The van der Waals surface area contributed by atoms with Gasteiger partial charge in [-0.1, -0.05) is 124 Å². The molecule has 5 rings (SSSR count). The topological polar surface area (TPSA) is 0 Å². The minimum absolute atomic E-state index is 0. The molecule has 0 spiro atoms. The molecule has 0 radical (unpaired) electrons. The number of benzene rings is 2. The molecule has 0 heterocycles. The SMILES string of the molecule is Cc1cc(C)cc([Si](C)(c2cc(C)cc(C)c2)C2C3C=CC=CC3C3CCC[CH-]C32)c1.[Cl-].[Cl-].[Cl-].[Ti+4]. The van der Waals surface area contributed by atoms with Crippen molar-refractivity contribution >= 4 is 18.4 Å². The molecule has 2 saturated carbocycles. The average Bonchev–Trinajstić information content (AvgIpc) is 3.07. The van der Waals surface area contributed by atoms with Crippen LogP contribution in [0.1, 0.15) is 41.5 Å². The molecule has 35 heavy (non-hydrogen) atoms. The van der Waals surface area contributed by atoms with E-state index in [9.17, 15) is 0 Å². The van der Waals surface area contributed by atoms with Gasteiger partial charge in [-0.3, -0.25) is 0 Å². The average molecular weight is 580 g/mol. The van der Waals surface area contributed by atoms with Crippen molar-refractivity contribution in [3.8, 4) is 0 Å². The largest absolute Gasteiger partial charge is 4.00 e. The maximum Gasteiger partial charge on any atom is 4.00 e. The molecule has 0 bridgehead atoms. The Morgan fingerprint density at radius 2 is 1.17 bits per heavy atom. The summed E-state index contributed by atoms with van der Waals surface area (Å²) in [5.41, 5.74) is 6.38. The van der Waals surface area contributed by atoms with Gasteiger partial charge in [-0.05, 0) is 39.5 Å². The molecule has 2 fully saturated rings. The standard InChI is InChI=1S/C30H37Si.3ClH.Ti/c1-20-14-21(2)17-24(16-20)31(5,25-18-22(3)15-23(4)19-25)30-28-12-8-6-10-26(28)27-11-7-9-13-29(27)30;;;;/h6,8,10,12-19,26-30H,7,9,11H2,1-5H3;3*1H;/q-1;;;;+4/p-3. The van der Waals surface area contributed by atoms with Crippen LogP contribution < -0.4 is 47.6 Å². The van der Waals surface area contributed by atoms with Crippen molar-refractivity contribution in [3.63, 3.8) is 0 Å². The molecule has 2 aromatic rings. The first-order chi connectivity index (χ1) is 14.9. The van der Waals surface area contributed by atoms with Gasteiger partial charge in [0.25, 0.3) is 0 Å². The summed E-state index contributed by atoms with van der Waals surface area (Å²) in [6.07, 6.45) is 16.6. The van der Waals surface area contributed by atoms with E-state index in [4.69, 9.17) is 0 Å². The van der Waals surface area contributed by atoms with E-state index in [0.717, 1.165) is 23.3 Å². The number of aryl methyl sites for hydroxylation is 4. The minimum atomic E-state index is -2.03. The van der Waals surface area contributed by atoms with E-state index in [-0.39, 0.29) is 58.9 Å². The van der Waals surface area contributed by atoms with Crippen molar-refractivity contribution in [1.29, 1.82) is 0 Å². The maximum absolute atomic E-state index is 2.75. The van der Waals surface area contributed by atoms with Crippen molar-refractivity contribution < 1.29 is 58.9 Å². The molecule has 3 aliphatic rings. The molecular weight excluding hydrogens is 543 g/mol. The molecule has 0 aliphatic heterocycles. The normalized spacial score (nSPS) is 26.3. The predicted molar refractivity (Wildman–Crippen MR) is 137 cm³/mol. The van der Waals surface area contributed by atoms with Gasteiger partial charge in [-0.15, -0.1) is 0 Å². The maximum atomic E-state index is 2.75. The second kappa shape index (κ2) is 13.0. The van der Waals surface area contributed by atoms with Crippen LogP contribution in [0.3, 0.4) is 0 Å². The number of rotatable bonds is 3. The Labute approximate surface area is 248 Å². The van der Waals surface area contributed by atoms with Crippen molar-refractivity contribution in [2.75, 3.05) is 0 Å². The third-order valence-corrected chi connectivity index (χ3v) is 13.6. The second-order valence-electron chi connectivity index (χ2n) is 10.8. The Kier molecular flexibility index (Phi) is 12.2. The summed E-state index contributed by atoms with van der Waals surface area (Å²) in [6.45, 7) is 11.8. The van der Waals surface area contributed by atoms with E-state index in [1.807, 2.05) is 0 Å². The van der Waals surface area contributed by atoms with Crippen LogP contribution in [-0.4, -0.2) is 8.07 Å². The summed E-state index contributed by atoms with van der Waals surface area (Å²) in [5.74, 6) is 2.97. The number of allylic oxidation sites excluding steroid dienone is 4. The third-order valence-electron chi connectivity index (χ3n) is 8.53. The molecule has 5 heteroatoms. The molecule has 0 amide bonds. The Morgan fingerprint density at radius 1 is 0.714 bits per heavy atom. The zero-order valence-electron chi connectivity index (χ0n) is 21.5. The first-order valence-corrected chi connectivity index (χ1v) is 14.8. The number of fused-ring (bicyclic) bond motifs is 3. The van der Waals surface area contributed by atoms with E-state index in [2.05, 4.69) is 101 Å². The summed E-state index contributed by atoms with van der Waals surface area (Å²) < 4.78 is 0. The van der Waals surface area contributed by atoms with Crippen LogP contribution in [0, 0.1) is 57.8 Å². The van der Waals surface area contributed by atoms with Gasteiger partial charge in [0.05, 0.1) is 0 Å². The minimum Gasteiger partial charge on any atom is -1.00 e. The molecule has 0 aromatic heterocycles. The summed E-state index contributed by atoms with van der Waals surface area (Å²) in [5, 5.41) is 3.28. The Hall–Kier alpha value is -0.279. The van der Waals surface area contributed by atoms with Crippen LogP contribution in [0.4, 0.5) is 0 Å². The van der Waals surface area contributed by atoms with Gasteiger partial charge in [0.1, 0.15) is 8.07 Å². The zero-order chi connectivity index (χ0) is 21.8. The molecule has 5 unspecified atom stereocenters. The Bertz CT molecular complexity index is 972. The van der Waals surface area contributed by atoms with Gasteiger partial charge < -0.3 is 43.6 Å². The fourth-order valence-corrected chi connectivity index (χ4v) is 12.9. The van der Waals surface area contributed by atoms with E-state index < -0.39 is 8.07 Å². The smallest absolute Gasteiger partial charge is 1.00 e. The fraction of sp³-hybridized carbons (Fsp3) is 0.433. The summed E-state index contributed by atoms with van der Waals surface area (Å²) in [6, 6.07) is 14.8. The van der Waals surface area contributed by atoms with Crippen LogP contribution in [-0.2, 0) is 21.7 Å². The molecule has 0 nitrogen and oxygen atoms in total. The van der Waals surface area contributed by atoms with Crippen LogP contribution in [0.25, 0.3) is 0 Å². The van der Waals surface area contributed by atoms with Gasteiger partial charge >= 0.3 is 21.7 Å². The van der Waals surface area contributed by atoms with Crippen molar-refractivity contribution in [1.82, 2.24) is 0 Å². The van der Waals surface area contributed by atoms with E-state index in [1.54, 1.807) is 10.4 Å². The number of hydrogen-bond acceptors (Lipinski definition) is 0. The molecule has 2 aromatic carbocycles. The summed E-state index contributed by atoms with van der Waals surface area (Å²) in [4.78, 5) is 0. The van der Waals surface area contributed by atoms with Gasteiger partial charge in [-0.2, -0.15) is 12.3 Å². The quantitative estimate of drug-likeness (QED) is 0.279.